The highest BCUT2D eigenvalue weighted by molar-refractivity contribution is 5.83. The van der Waals surface area contributed by atoms with Crippen molar-refractivity contribution in [3.8, 4) is 5.75 Å². The van der Waals surface area contributed by atoms with E-state index in [1.807, 2.05) is 0 Å². The zero-order valence-corrected chi connectivity index (χ0v) is 23.4. The number of aliphatic imine (C=N–C) groups is 1. The number of piperidine rings is 1. The molecule has 200 valence electrons. The van der Waals surface area contributed by atoms with Gasteiger partial charge in [0, 0.05) is 29.9 Å². The number of rotatable bonds is 11. The molecule has 2 fully saturated rings. The van der Waals surface area contributed by atoms with E-state index in [0.717, 1.165) is 62.4 Å². The van der Waals surface area contributed by atoms with Gasteiger partial charge in [0.15, 0.2) is 0 Å². The van der Waals surface area contributed by atoms with Crippen molar-refractivity contribution in [2.75, 3.05) is 27.2 Å². The summed E-state index contributed by atoms with van der Waals surface area (Å²) >= 11 is 0. The third-order valence-electron chi connectivity index (χ3n) is 8.60. The maximum Gasteiger partial charge on any atom is 0.254 e. The summed E-state index contributed by atoms with van der Waals surface area (Å²) in [5, 5.41) is 12.3. The predicted molar refractivity (Wildman–Crippen MR) is 150 cm³/mol. The van der Waals surface area contributed by atoms with E-state index in [0.29, 0.717) is 24.2 Å². The number of unbranched alkanes of at least 4 members (excludes halogenated alkanes) is 1. The van der Waals surface area contributed by atoms with Crippen molar-refractivity contribution in [2.45, 2.75) is 109 Å². The molecule has 0 aliphatic carbocycles. The fraction of sp³-hybridized carbons (Fsp3) is 0.700. The van der Waals surface area contributed by atoms with Crippen molar-refractivity contribution in [3.63, 3.8) is 0 Å². The first-order valence-electron chi connectivity index (χ1n) is 14.1. The van der Waals surface area contributed by atoms with Crippen LogP contribution < -0.4 is 10.1 Å². The largest absolute Gasteiger partial charge is 0.493 e. The molecule has 3 aliphatic rings. The van der Waals surface area contributed by atoms with Crippen LogP contribution in [-0.4, -0.2) is 72.2 Å². The monoisotopic (exact) mass is 497 g/mol. The molecule has 2 bridgehead atoms. The molecule has 0 aromatic heterocycles. The fourth-order valence-electron chi connectivity index (χ4n) is 6.53. The number of nitrogens with zero attached hydrogens (tertiary/aromatic N) is 3. The van der Waals surface area contributed by atoms with Crippen LogP contribution in [0.3, 0.4) is 0 Å². The van der Waals surface area contributed by atoms with Gasteiger partial charge in [-0.1, -0.05) is 12.1 Å². The quantitative estimate of drug-likeness (QED) is 0.269. The Balaban J connectivity index is 1.35. The second-order valence-corrected chi connectivity index (χ2v) is 11.6. The van der Waals surface area contributed by atoms with Gasteiger partial charge in [0.2, 0.25) is 0 Å². The molecule has 3 heterocycles. The predicted octanol–water partition coefficient (Wildman–Crippen LogP) is 4.86. The van der Waals surface area contributed by atoms with Crippen molar-refractivity contribution in [2.24, 2.45) is 4.99 Å². The van der Waals surface area contributed by atoms with Crippen LogP contribution in [0, 0.1) is 13.8 Å². The first kappa shape index (κ1) is 27.3. The Kier molecular flexibility index (Phi) is 9.26. The molecule has 4 rings (SSSR count). The molecule has 4 atom stereocenters. The number of allylic oxidation sites excluding steroid dienone is 1. The van der Waals surface area contributed by atoms with Crippen molar-refractivity contribution < 1.29 is 9.84 Å². The normalized spacial score (nSPS) is 26.1. The van der Waals surface area contributed by atoms with E-state index in [-0.39, 0.29) is 0 Å². The van der Waals surface area contributed by atoms with Crippen LogP contribution in [0.25, 0.3) is 0 Å². The second kappa shape index (κ2) is 12.2. The molecule has 0 radical (unpaired) electrons. The molecule has 6 nitrogen and oxygen atoms in total. The Morgan fingerprint density at radius 3 is 2.50 bits per heavy atom. The summed E-state index contributed by atoms with van der Waals surface area (Å²) in [5.74, 6) is 1.04. The van der Waals surface area contributed by atoms with Crippen LogP contribution in [0.4, 0.5) is 0 Å². The van der Waals surface area contributed by atoms with E-state index in [4.69, 9.17) is 9.84 Å². The van der Waals surface area contributed by atoms with E-state index < -0.39 is 6.23 Å². The molecule has 1 aromatic carbocycles. The number of hydrogen-bond donors (Lipinski definition) is 1. The highest BCUT2D eigenvalue weighted by Gasteiger charge is 2.44. The van der Waals surface area contributed by atoms with Gasteiger partial charge in [-0.3, -0.25) is 9.89 Å². The molecule has 0 amide bonds. The highest BCUT2D eigenvalue weighted by atomic mass is 16.5. The minimum Gasteiger partial charge on any atom is -0.493 e. The number of benzene rings is 1. The molecule has 3 N–H and O–H groups in total. The number of nitrogens with one attached hydrogen (secondary N) is 1. The smallest absolute Gasteiger partial charge is 0.254 e. The minimum absolute atomic E-state index is 0.399. The summed E-state index contributed by atoms with van der Waals surface area (Å²) in [7, 11) is 4.24. The Labute approximate surface area is 218 Å². The molecule has 1 aromatic rings. The van der Waals surface area contributed by atoms with Gasteiger partial charge in [0.05, 0.1) is 6.61 Å². The Bertz CT molecular complexity index is 943. The topological polar surface area (TPSA) is 63.0 Å². The number of fused-ring (bicyclic) bond motifs is 2. The summed E-state index contributed by atoms with van der Waals surface area (Å²) in [4.78, 5) is 9.66. The Morgan fingerprint density at radius 1 is 1.11 bits per heavy atom. The first-order valence-corrected chi connectivity index (χ1v) is 14.1. The summed E-state index contributed by atoms with van der Waals surface area (Å²) in [6, 6.07) is 6.47. The van der Waals surface area contributed by atoms with Crippen LogP contribution in [0.2, 0.25) is 0 Å². The molecule has 36 heavy (non-hydrogen) atoms. The standard InChI is InChI=1S/C30H48N4O2/c1-20-10-9-11-28(31-20)30(35)32-24-18-25-12-13-26(19-24)34(25)23(4)27-14-15-29(22(3)21(27)2)36-17-8-7-16-33(5)6/h11,14-15,23-26,30,32,35H,7-10,12-13,16-19H2,1-6H3/p+1/t23-,24?,25?,26?,30?/m0/s1. The van der Waals surface area contributed by atoms with Crippen molar-refractivity contribution in [3.05, 3.63) is 40.6 Å². The molecular weight excluding hydrogens is 448 g/mol. The van der Waals surface area contributed by atoms with Gasteiger partial charge in [0.1, 0.15) is 11.4 Å². The maximum absolute atomic E-state index is 8.66. The van der Waals surface area contributed by atoms with Crippen molar-refractivity contribution in [1.29, 1.82) is 0 Å². The van der Waals surface area contributed by atoms with Gasteiger partial charge in [0.25, 0.3) is 6.23 Å². The molecule has 3 aliphatic heterocycles. The van der Waals surface area contributed by atoms with E-state index in [1.54, 1.807) is 0 Å². The van der Waals surface area contributed by atoms with Crippen LogP contribution in [-0.2, 0) is 0 Å². The summed E-state index contributed by atoms with van der Waals surface area (Å²) in [6.07, 6.45) is 10.8. The lowest BCUT2D eigenvalue weighted by Gasteiger charge is -2.43. The van der Waals surface area contributed by atoms with Gasteiger partial charge >= 0.3 is 0 Å². The molecule has 0 saturated carbocycles. The molecule has 2 saturated heterocycles. The lowest BCUT2D eigenvalue weighted by atomic mass is 9.91. The SMILES string of the molecule is CC1=NC(C([OH2+])NC2CC3CCC(C2)N3[C@@H](C)c2ccc(OCCCCN(C)C)c(C)c2C)=CCC1. The second-order valence-electron chi connectivity index (χ2n) is 11.6. The lowest BCUT2D eigenvalue weighted by Crippen LogP contribution is -2.52. The molecule has 3 unspecified atom stereocenters. The number of ether oxygens (including phenoxy) is 1. The summed E-state index contributed by atoms with van der Waals surface area (Å²) < 4.78 is 6.17. The third kappa shape index (κ3) is 6.39. The van der Waals surface area contributed by atoms with Gasteiger partial charge < -0.3 is 14.7 Å². The third-order valence-corrected chi connectivity index (χ3v) is 8.60. The van der Waals surface area contributed by atoms with Crippen LogP contribution >= 0.6 is 0 Å². The molecule has 6 heteroatoms. The van der Waals surface area contributed by atoms with Crippen LogP contribution in [0.5, 0.6) is 5.75 Å². The van der Waals surface area contributed by atoms with Crippen LogP contribution in [0.1, 0.15) is 87.9 Å². The average Bonchev–Trinajstić information content (AvgIpc) is 3.11. The van der Waals surface area contributed by atoms with Gasteiger partial charge in [-0.15, -0.1) is 0 Å². The van der Waals surface area contributed by atoms with E-state index in [2.05, 4.69) is 80.1 Å². The summed E-state index contributed by atoms with van der Waals surface area (Å²) in [6.45, 7) is 10.8. The van der Waals surface area contributed by atoms with Crippen molar-refractivity contribution >= 4 is 5.71 Å². The average molecular weight is 498 g/mol. The Hall–Kier alpha value is -1.73. The first-order chi connectivity index (χ1) is 17.2. The fourth-order valence-corrected chi connectivity index (χ4v) is 6.53. The molecular formula is C30H49N4O2+. The maximum atomic E-state index is 8.66. The summed E-state index contributed by atoms with van der Waals surface area (Å²) in [5.41, 5.74) is 6.15. The van der Waals surface area contributed by atoms with Gasteiger partial charge in [-0.2, -0.15) is 0 Å². The van der Waals surface area contributed by atoms with E-state index in [9.17, 15) is 0 Å². The van der Waals surface area contributed by atoms with E-state index in [1.165, 1.54) is 36.0 Å². The Morgan fingerprint density at radius 2 is 1.83 bits per heavy atom. The minimum atomic E-state index is -0.408. The van der Waals surface area contributed by atoms with Crippen molar-refractivity contribution in [1.82, 2.24) is 15.1 Å². The van der Waals surface area contributed by atoms with Gasteiger partial charge in [-0.25, -0.2) is 5.32 Å². The zero-order chi connectivity index (χ0) is 25.8. The van der Waals surface area contributed by atoms with Crippen LogP contribution in [0.15, 0.2) is 28.9 Å². The van der Waals surface area contributed by atoms with E-state index >= 15 is 0 Å². The zero-order valence-electron chi connectivity index (χ0n) is 23.4. The molecule has 0 spiro atoms. The highest BCUT2D eigenvalue weighted by Crippen LogP contribution is 2.43. The lowest BCUT2D eigenvalue weighted by molar-refractivity contribution is 0.0571. The number of hydrogen-bond acceptors (Lipinski definition) is 5. The van der Waals surface area contributed by atoms with Gasteiger partial charge in [-0.05, 0) is 122 Å².